The summed E-state index contributed by atoms with van der Waals surface area (Å²) >= 11 is 1.19. The molecule has 1 aromatic heterocycles. The van der Waals surface area contributed by atoms with Crippen molar-refractivity contribution >= 4 is 21.4 Å². The monoisotopic (exact) mass is 303 g/mol. The van der Waals surface area contributed by atoms with Gasteiger partial charge in [0.15, 0.2) is 4.21 Å². The summed E-state index contributed by atoms with van der Waals surface area (Å²) in [4.78, 5) is 4.00. The van der Waals surface area contributed by atoms with Gasteiger partial charge in [0, 0.05) is 12.6 Å². The lowest BCUT2D eigenvalue weighted by molar-refractivity contribution is 0.294. The number of nitrogens with zero attached hydrogens (tertiary/aromatic N) is 1. The Bertz CT molecular complexity index is 507. The second-order valence-corrected chi connectivity index (χ2v) is 8.24. The Labute approximate surface area is 118 Å². The number of thiazole rings is 1. The van der Waals surface area contributed by atoms with Crippen LogP contribution >= 0.6 is 11.3 Å². The van der Waals surface area contributed by atoms with Gasteiger partial charge in [-0.3, -0.25) is 0 Å². The van der Waals surface area contributed by atoms with Crippen molar-refractivity contribution in [1.29, 1.82) is 0 Å². The highest BCUT2D eigenvalue weighted by atomic mass is 32.2. The molecule has 7 heteroatoms. The molecule has 1 atom stereocenters. The molecule has 1 aromatic rings. The SMILES string of the molecule is Cc1ncc(S(=O)(=O)NC(CN)C2CCCCC2)s1. The van der Waals surface area contributed by atoms with E-state index >= 15 is 0 Å². The summed E-state index contributed by atoms with van der Waals surface area (Å²) in [5.74, 6) is 0.363. The molecule has 0 radical (unpaired) electrons. The molecular weight excluding hydrogens is 282 g/mol. The molecule has 5 nitrogen and oxygen atoms in total. The van der Waals surface area contributed by atoms with Crippen LogP contribution in [-0.2, 0) is 10.0 Å². The number of nitrogens with two attached hydrogens (primary N) is 1. The van der Waals surface area contributed by atoms with Crippen LogP contribution in [0.15, 0.2) is 10.4 Å². The normalized spacial score (nSPS) is 19.5. The number of sulfonamides is 1. The van der Waals surface area contributed by atoms with Crippen LogP contribution < -0.4 is 10.5 Å². The molecule has 0 saturated heterocycles. The first-order valence-electron chi connectivity index (χ1n) is 6.68. The van der Waals surface area contributed by atoms with Crippen molar-refractivity contribution in [2.45, 2.75) is 49.3 Å². The van der Waals surface area contributed by atoms with Crippen LogP contribution in [0.4, 0.5) is 0 Å². The number of aromatic nitrogens is 1. The van der Waals surface area contributed by atoms with Gasteiger partial charge in [0.1, 0.15) is 0 Å². The van der Waals surface area contributed by atoms with E-state index in [1.165, 1.54) is 36.8 Å². The zero-order valence-electron chi connectivity index (χ0n) is 11.1. The number of rotatable bonds is 5. The molecule has 0 spiro atoms. The molecule has 1 aliphatic rings. The van der Waals surface area contributed by atoms with Gasteiger partial charge in [0.25, 0.3) is 10.0 Å². The average molecular weight is 303 g/mol. The van der Waals surface area contributed by atoms with Crippen molar-refractivity contribution in [3.8, 4) is 0 Å². The minimum Gasteiger partial charge on any atom is -0.329 e. The van der Waals surface area contributed by atoms with Crippen LogP contribution in [0.3, 0.4) is 0 Å². The summed E-state index contributed by atoms with van der Waals surface area (Å²) < 4.78 is 27.6. The summed E-state index contributed by atoms with van der Waals surface area (Å²) in [6.45, 7) is 2.15. The van der Waals surface area contributed by atoms with Crippen LogP contribution in [0.25, 0.3) is 0 Å². The molecule has 1 saturated carbocycles. The van der Waals surface area contributed by atoms with Gasteiger partial charge in [-0.1, -0.05) is 19.3 Å². The smallest absolute Gasteiger partial charge is 0.251 e. The van der Waals surface area contributed by atoms with Crippen LogP contribution in [0.5, 0.6) is 0 Å². The summed E-state index contributed by atoms with van der Waals surface area (Å²) in [5.41, 5.74) is 5.75. The largest absolute Gasteiger partial charge is 0.329 e. The zero-order valence-corrected chi connectivity index (χ0v) is 12.8. The van der Waals surface area contributed by atoms with E-state index in [0.29, 0.717) is 12.5 Å². The molecule has 19 heavy (non-hydrogen) atoms. The highest BCUT2D eigenvalue weighted by Crippen LogP contribution is 2.27. The fourth-order valence-electron chi connectivity index (χ4n) is 2.60. The third kappa shape index (κ3) is 3.75. The van der Waals surface area contributed by atoms with Crippen LogP contribution in [0.2, 0.25) is 0 Å². The van der Waals surface area contributed by atoms with E-state index in [1.54, 1.807) is 6.92 Å². The third-order valence-corrected chi connectivity index (χ3v) is 6.51. The minimum atomic E-state index is -3.47. The number of hydrogen-bond acceptors (Lipinski definition) is 5. The predicted molar refractivity (Wildman–Crippen MR) is 76.6 cm³/mol. The second-order valence-electron chi connectivity index (χ2n) is 5.06. The van der Waals surface area contributed by atoms with Crippen molar-refractivity contribution in [3.63, 3.8) is 0 Å². The molecule has 0 bridgehead atoms. The molecule has 3 N–H and O–H groups in total. The maximum atomic E-state index is 12.3. The van der Waals surface area contributed by atoms with Crippen molar-refractivity contribution in [2.24, 2.45) is 11.7 Å². The van der Waals surface area contributed by atoms with Crippen molar-refractivity contribution in [2.75, 3.05) is 6.54 Å². The lowest BCUT2D eigenvalue weighted by Gasteiger charge is -2.29. The Morgan fingerprint density at radius 3 is 2.68 bits per heavy atom. The minimum absolute atomic E-state index is 0.160. The molecule has 0 amide bonds. The Morgan fingerprint density at radius 1 is 1.47 bits per heavy atom. The molecule has 0 aliphatic heterocycles. The molecule has 108 valence electrons. The molecule has 1 heterocycles. The Balaban J connectivity index is 2.08. The van der Waals surface area contributed by atoms with Crippen molar-refractivity contribution in [1.82, 2.24) is 9.71 Å². The van der Waals surface area contributed by atoms with E-state index in [4.69, 9.17) is 5.73 Å². The fourth-order valence-corrected chi connectivity index (χ4v) is 5.04. The maximum Gasteiger partial charge on any atom is 0.251 e. The second kappa shape index (κ2) is 6.30. The summed E-state index contributed by atoms with van der Waals surface area (Å²) in [7, 11) is -3.47. The standard InChI is InChI=1S/C12H21N3O2S2/c1-9-14-8-12(18-9)19(16,17)15-11(7-13)10-5-3-2-4-6-10/h8,10-11,15H,2-7,13H2,1H3. The van der Waals surface area contributed by atoms with Gasteiger partial charge in [-0.15, -0.1) is 11.3 Å². The summed E-state index contributed by atoms with van der Waals surface area (Å²) in [6.07, 6.45) is 7.12. The van der Waals surface area contributed by atoms with Crippen LogP contribution in [0.1, 0.15) is 37.1 Å². The van der Waals surface area contributed by atoms with Gasteiger partial charge >= 0.3 is 0 Å². The molecule has 0 aromatic carbocycles. The molecule has 1 aliphatic carbocycles. The molecule has 2 rings (SSSR count). The summed E-state index contributed by atoms with van der Waals surface area (Å²) in [6, 6.07) is -0.160. The van der Waals surface area contributed by atoms with Gasteiger partial charge < -0.3 is 5.73 Å². The lowest BCUT2D eigenvalue weighted by Crippen LogP contribution is -2.45. The number of hydrogen-bond donors (Lipinski definition) is 2. The van der Waals surface area contributed by atoms with E-state index in [2.05, 4.69) is 9.71 Å². The quantitative estimate of drug-likeness (QED) is 0.866. The maximum absolute atomic E-state index is 12.3. The lowest BCUT2D eigenvalue weighted by atomic mass is 9.84. The molecular formula is C12H21N3O2S2. The average Bonchev–Trinajstić information content (AvgIpc) is 2.85. The topological polar surface area (TPSA) is 85.1 Å². The van der Waals surface area contributed by atoms with Crippen molar-refractivity contribution in [3.05, 3.63) is 11.2 Å². The fraction of sp³-hybridized carbons (Fsp3) is 0.750. The molecule has 1 unspecified atom stereocenters. The molecule has 1 fully saturated rings. The van der Waals surface area contributed by atoms with E-state index in [0.717, 1.165) is 17.8 Å². The van der Waals surface area contributed by atoms with Crippen LogP contribution in [-0.4, -0.2) is 26.0 Å². The third-order valence-electron chi connectivity index (χ3n) is 3.64. The Kier molecular flexibility index (Phi) is 4.94. The van der Waals surface area contributed by atoms with E-state index < -0.39 is 10.0 Å². The van der Waals surface area contributed by atoms with E-state index in [1.807, 2.05) is 0 Å². The summed E-state index contributed by atoms with van der Waals surface area (Å²) in [5, 5.41) is 0.752. The van der Waals surface area contributed by atoms with E-state index in [-0.39, 0.29) is 10.3 Å². The van der Waals surface area contributed by atoms with E-state index in [9.17, 15) is 8.42 Å². The Morgan fingerprint density at radius 2 is 2.16 bits per heavy atom. The Hall–Kier alpha value is -0.500. The highest BCUT2D eigenvalue weighted by molar-refractivity contribution is 7.91. The first-order chi connectivity index (χ1) is 9.03. The highest BCUT2D eigenvalue weighted by Gasteiger charge is 2.28. The van der Waals surface area contributed by atoms with Crippen molar-refractivity contribution < 1.29 is 8.42 Å². The van der Waals surface area contributed by atoms with Gasteiger partial charge in [0.2, 0.25) is 0 Å². The van der Waals surface area contributed by atoms with Gasteiger partial charge in [-0.25, -0.2) is 18.1 Å². The predicted octanol–water partition coefficient (Wildman–Crippen LogP) is 1.64. The van der Waals surface area contributed by atoms with Crippen LogP contribution in [0, 0.1) is 12.8 Å². The van der Waals surface area contributed by atoms with Gasteiger partial charge in [-0.2, -0.15) is 0 Å². The van der Waals surface area contributed by atoms with Gasteiger partial charge in [0.05, 0.1) is 11.2 Å². The first-order valence-corrected chi connectivity index (χ1v) is 8.97. The zero-order chi connectivity index (χ0) is 13.9. The number of aryl methyl sites for hydroxylation is 1. The number of nitrogens with one attached hydrogen (secondary N) is 1. The first kappa shape index (κ1) is 14.9. The van der Waals surface area contributed by atoms with Gasteiger partial charge in [-0.05, 0) is 25.7 Å².